The fourth-order valence-corrected chi connectivity index (χ4v) is 6.06. The van der Waals surface area contributed by atoms with Gasteiger partial charge in [0.2, 0.25) is 0 Å². The summed E-state index contributed by atoms with van der Waals surface area (Å²) in [6, 6.07) is 18.4. The number of nitrogens with zero attached hydrogens (tertiary/aromatic N) is 3. The normalized spacial score (nSPS) is 19.0. The average molecular weight is 474 g/mol. The first-order valence-corrected chi connectivity index (χ1v) is 12.7. The summed E-state index contributed by atoms with van der Waals surface area (Å²) in [7, 11) is 0. The van der Waals surface area contributed by atoms with E-state index >= 15 is 0 Å². The number of carbonyl (C=O) groups excluding carboxylic acids is 1. The third-order valence-corrected chi connectivity index (χ3v) is 7.82. The van der Waals surface area contributed by atoms with Crippen LogP contribution in [0.3, 0.4) is 0 Å². The summed E-state index contributed by atoms with van der Waals surface area (Å²) in [6.07, 6.45) is 5.59. The summed E-state index contributed by atoms with van der Waals surface area (Å²) in [6.45, 7) is 6.13. The smallest absolute Gasteiger partial charge is 0.266 e. The molecule has 0 bridgehead atoms. The first kappa shape index (κ1) is 22.1. The first-order chi connectivity index (χ1) is 16.0. The second kappa shape index (κ2) is 9.27. The van der Waals surface area contributed by atoms with Crippen molar-refractivity contribution in [2.45, 2.75) is 39.2 Å². The Hall–Kier alpha value is -2.70. The molecule has 1 amide bonds. The summed E-state index contributed by atoms with van der Waals surface area (Å²) in [5.74, 6) is 0.938. The number of aromatic nitrogens is 1. The van der Waals surface area contributed by atoms with Gasteiger partial charge in [-0.15, -0.1) is 0 Å². The predicted molar refractivity (Wildman–Crippen MR) is 142 cm³/mol. The van der Waals surface area contributed by atoms with Gasteiger partial charge in [-0.3, -0.25) is 9.69 Å². The highest BCUT2D eigenvalue weighted by atomic mass is 32.2. The van der Waals surface area contributed by atoms with Crippen LogP contribution in [0.4, 0.5) is 5.82 Å². The van der Waals surface area contributed by atoms with E-state index in [9.17, 15) is 4.79 Å². The molecule has 3 aromatic rings. The van der Waals surface area contributed by atoms with Gasteiger partial charge in [0.05, 0.1) is 16.5 Å². The molecule has 168 valence electrons. The third kappa shape index (κ3) is 4.30. The van der Waals surface area contributed by atoms with Gasteiger partial charge in [-0.1, -0.05) is 72.5 Å². The maximum atomic E-state index is 13.5. The fraction of sp³-hybridized carbons (Fsp3) is 0.296. The minimum atomic E-state index is -0.108. The van der Waals surface area contributed by atoms with Crippen molar-refractivity contribution < 1.29 is 4.79 Å². The van der Waals surface area contributed by atoms with E-state index in [0.717, 1.165) is 40.9 Å². The van der Waals surface area contributed by atoms with Crippen molar-refractivity contribution in [2.75, 3.05) is 18.0 Å². The van der Waals surface area contributed by atoms with Crippen LogP contribution >= 0.6 is 24.0 Å². The maximum Gasteiger partial charge on any atom is 0.266 e. The number of fused-ring (bicyclic) bond motifs is 1. The fourth-order valence-electron chi connectivity index (χ4n) is 4.65. The monoisotopic (exact) mass is 473 g/mol. The Morgan fingerprint density at radius 1 is 1.06 bits per heavy atom. The van der Waals surface area contributed by atoms with E-state index in [1.807, 2.05) is 43.3 Å². The molecular weight excluding hydrogens is 446 g/mol. The topological polar surface area (TPSA) is 36.4 Å². The number of carbonyl (C=O) groups is 1. The van der Waals surface area contributed by atoms with Crippen LogP contribution < -0.4 is 4.90 Å². The van der Waals surface area contributed by atoms with Gasteiger partial charge < -0.3 is 4.90 Å². The molecule has 2 aromatic carbocycles. The molecule has 2 aliphatic heterocycles. The number of piperidine rings is 1. The standard InChI is InChI=1S/C27H27N3OS2/c1-18-10-9-13-21-16-22(25(28-24(18)21)29-14-7-4-8-15-29)17-23-26(31)30(27(32)33-23)19(2)20-11-5-3-6-12-20/h3,5-6,9-13,16-17,19H,4,7-8,14-15H2,1-2H3/b23-17-. The number of benzene rings is 2. The van der Waals surface area contributed by atoms with Crippen LogP contribution in [0.25, 0.3) is 17.0 Å². The maximum absolute atomic E-state index is 13.5. The minimum absolute atomic E-state index is 0.0321. The highest BCUT2D eigenvalue weighted by molar-refractivity contribution is 8.26. The van der Waals surface area contributed by atoms with Gasteiger partial charge in [0.15, 0.2) is 0 Å². The lowest BCUT2D eigenvalue weighted by molar-refractivity contribution is -0.123. The van der Waals surface area contributed by atoms with Crippen LogP contribution in [0.5, 0.6) is 0 Å². The van der Waals surface area contributed by atoms with Crippen LogP contribution in [0.15, 0.2) is 59.5 Å². The molecule has 0 radical (unpaired) electrons. The highest BCUT2D eigenvalue weighted by Gasteiger charge is 2.36. The quantitative estimate of drug-likeness (QED) is 0.319. The van der Waals surface area contributed by atoms with E-state index in [-0.39, 0.29) is 11.9 Å². The molecule has 2 fully saturated rings. The van der Waals surface area contributed by atoms with E-state index < -0.39 is 0 Å². The van der Waals surface area contributed by atoms with Crippen LogP contribution in [0.2, 0.25) is 0 Å². The Morgan fingerprint density at radius 2 is 1.82 bits per heavy atom. The minimum Gasteiger partial charge on any atom is -0.356 e. The van der Waals surface area contributed by atoms with Gasteiger partial charge in [-0.2, -0.15) is 0 Å². The summed E-state index contributed by atoms with van der Waals surface area (Å²) in [5.41, 5.74) is 4.26. The molecule has 1 unspecified atom stereocenters. The van der Waals surface area contributed by atoms with E-state index in [4.69, 9.17) is 17.2 Å². The Morgan fingerprint density at radius 3 is 2.58 bits per heavy atom. The largest absolute Gasteiger partial charge is 0.356 e. The molecule has 2 saturated heterocycles. The number of hydrogen-bond donors (Lipinski definition) is 0. The van der Waals surface area contributed by atoms with Gasteiger partial charge in [-0.05, 0) is 56.4 Å². The Kier molecular flexibility index (Phi) is 6.21. The SMILES string of the molecule is Cc1cccc2cc(/C=C3\SC(=S)N(C(C)c4ccccc4)C3=O)c(N3CCCCC3)nc12. The summed E-state index contributed by atoms with van der Waals surface area (Å²) in [5, 5.41) is 1.09. The molecule has 3 heterocycles. The first-order valence-electron chi connectivity index (χ1n) is 11.5. The molecule has 1 aromatic heterocycles. The number of amides is 1. The summed E-state index contributed by atoms with van der Waals surface area (Å²) < 4.78 is 0.603. The lowest BCUT2D eigenvalue weighted by Gasteiger charge is -2.29. The number of thioether (sulfide) groups is 1. The number of pyridine rings is 1. The Balaban J connectivity index is 1.55. The molecule has 0 spiro atoms. The van der Waals surface area contributed by atoms with Crippen molar-refractivity contribution in [2.24, 2.45) is 0 Å². The van der Waals surface area contributed by atoms with Crippen LogP contribution in [-0.2, 0) is 4.79 Å². The molecule has 0 N–H and O–H groups in total. The number of thiocarbonyl (C=S) groups is 1. The van der Waals surface area contributed by atoms with Gasteiger partial charge in [0.1, 0.15) is 10.1 Å². The van der Waals surface area contributed by atoms with Gasteiger partial charge in [0.25, 0.3) is 5.91 Å². The zero-order chi connectivity index (χ0) is 22.9. The lowest BCUT2D eigenvalue weighted by atomic mass is 10.1. The number of hydrogen-bond acceptors (Lipinski definition) is 5. The van der Waals surface area contributed by atoms with E-state index in [2.05, 4.69) is 36.1 Å². The Bertz CT molecular complexity index is 1250. The predicted octanol–water partition coefficient (Wildman–Crippen LogP) is 6.50. The molecule has 0 aliphatic carbocycles. The molecule has 33 heavy (non-hydrogen) atoms. The Labute approximate surface area is 204 Å². The van der Waals surface area contributed by atoms with Crippen LogP contribution in [0, 0.1) is 6.92 Å². The summed E-state index contributed by atoms with van der Waals surface area (Å²) >= 11 is 7.03. The molecule has 0 saturated carbocycles. The van der Waals surface area contributed by atoms with Crippen molar-refractivity contribution >= 4 is 57.0 Å². The van der Waals surface area contributed by atoms with Gasteiger partial charge in [-0.25, -0.2) is 4.98 Å². The molecule has 5 rings (SSSR count). The molecule has 1 atom stereocenters. The number of anilines is 1. The van der Waals surface area contributed by atoms with E-state index in [1.165, 1.54) is 36.6 Å². The van der Waals surface area contributed by atoms with E-state index in [0.29, 0.717) is 9.23 Å². The highest BCUT2D eigenvalue weighted by Crippen LogP contribution is 2.39. The third-order valence-electron chi connectivity index (χ3n) is 6.49. The van der Waals surface area contributed by atoms with Crippen LogP contribution in [0.1, 0.15) is 48.9 Å². The van der Waals surface area contributed by atoms with Crippen molar-refractivity contribution in [3.05, 3.63) is 76.2 Å². The lowest BCUT2D eigenvalue weighted by Crippen LogP contribution is -2.31. The van der Waals surface area contributed by atoms with Crippen molar-refractivity contribution in [3.8, 4) is 0 Å². The van der Waals surface area contributed by atoms with Gasteiger partial charge >= 0.3 is 0 Å². The zero-order valence-electron chi connectivity index (χ0n) is 19.0. The molecule has 2 aliphatic rings. The second-order valence-corrected chi connectivity index (χ2v) is 10.4. The van der Waals surface area contributed by atoms with E-state index in [1.54, 1.807) is 4.90 Å². The van der Waals surface area contributed by atoms with Crippen molar-refractivity contribution in [3.63, 3.8) is 0 Å². The van der Waals surface area contributed by atoms with Crippen LogP contribution in [-0.4, -0.2) is 33.2 Å². The molecule has 6 heteroatoms. The summed E-state index contributed by atoms with van der Waals surface area (Å²) in [4.78, 5) is 23.3. The van der Waals surface area contributed by atoms with Gasteiger partial charge in [0, 0.05) is 24.0 Å². The molecule has 4 nitrogen and oxygen atoms in total. The number of rotatable bonds is 4. The number of para-hydroxylation sites is 1. The second-order valence-electron chi connectivity index (χ2n) is 8.73. The van der Waals surface area contributed by atoms with Crippen molar-refractivity contribution in [1.29, 1.82) is 0 Å². The van der Waals surface area contributed by atoms with Crippen molar-refractivity contribution in [1.82, 2.24) is 9.88 Å². The average Bonchev–Trinajstić information content (AvgIpc) is 3.12. The zero-order valence-corrected chi connectivity index (χ0v) is 20.6. The number of aryl methyl sites for hydroxylation is 1. The molecular formula is C27H27N3OS2.